The fraction of sp³-hybridized carbons (Fsp3) is 0.286. The highest BCUT2D eigenvalue weighted by Crippen LogP contribution is 2.31. The van der Waals surface area contributed by atoms with E-state index in [1.165, 1.54) is 10.9 Å². The van der Waals surface area contributed by atoms with E-state index in [1.807, 2.05) is 25.1 Å². The van der Waals surface area contributed by atoms with Crippen molar-refractivity contribution in [2.45, 2.75) is 19.9 Å². The Labute approximate surface area is 120 Å². The van der Waals surface area contributed by atoms with E-state index >= 15 is 0 Å². The molecule has 21 heavy (non-hydrogen) atoms. The van der Waals surface area contributed by atoms with E-state index in [0.29, 0.717) is 6.54 Å². The second-order valence-corrected chi connectivity index (χ2v) is 4.98. The van der Waals surface area contributed by atoms with E-state index < -0.39 is 5.97 Å². The summed E-state index contributed by atoms with van der Waals surface area (Å²) in [6.45, 7) is 2.59. The smallest absolute Gasteiger partial charge is 0.358 e. The van der Waals surface area contributed by atoms with Crippen LogP contribution in [-0.4, -0.2) is 38.5 Å². The highest BCUT2D eigenvalue weighted by atomic mass is 16.4. The Hall–Kier alpha value is -2.70. The van der Waals surface area contributed by atoms with Gasteiger partial charge in [0.2, 0.25) is 5.91 Å². The van der Waals surface area contributed by atoms with Crippen molar-refractivity contribution in [2.24, 2.45) is 0 Å². The van der Waals surface area contributed by atoms with Crippen molar-refractivity contribution in [3.8, 4) is 0 Å². The molecule has 0 unspecified atom stereocenters. The molecule has 108 valence electrons. The van der Waals surface area contributed by atoms with Gasteiger partial charge in [0.1, 0.15) is 6.54 Å². The van der Waals surface area contributed by atoms with Gasteiger partial charge in [0.25, 0.3) is 0 Å². The average Bonchev–Trinajstić information content (AvgIpc) is 3.05. The van der Waals surface area contributed by atoms with Gasteiger partial charge in [-0.2, -0.15) is 0 Å². The molecule has 7 nitrogen and oxygen atoms in total. The molecule has 0 saturated carbocycles. The molecular weight excluding hydrogens is 272 g/mol. The highest BCUT2D eigenvalue weighted by molar-refractivity contribution is 5.96. The molecule has 1 amide bonds. The molecular formula is C14H14N4O3. The van der Waals surface area contributed by atoms with Crippen LogP contribution < -0.4 is 4.90 Å². The molecule has 1 aliphatic rings. The van der Waals surface area contributed by atoms with Gasteiger partial charge in [-0.05, 0) is 24.5 Å². The van der Waals surface area contributed by atoms with Crippen LogP contribution in [0.15, 0.2) is 24.4 Å². The van der Waals surface area contributed by atoms with E-state index in [0.717, 1.165) is 23.2 Å². The van der Waals surface area contributed by atoms with E-state index in [4.69, 9.17) is 5.11 Å². The molecule has 2 aromatic rings. The Morgan fingerprint density at radius 3 is 2.90 bits per heavy atom. The molecule has 1 aromatic heterocycles. The molecule has 0 saturated heterocycles. The van der Waals surface area contributed by atoms with Crippen molar-refractivity contribution in [1.82, 2.24) is 15.0 Å². The predicted octanol–water partition coefficient (Wildman–Crippen LogP) is 0.874. The monoisotopic (exact) mass is 286 g/mol. The lowest BCUT2D eigenvalue weighted by Gasteiger charge is -2.19. The van der Waals surface area contributed by atoms with Crippen LogP contribution in [0, 0.1) is 6.92 Å². The summed E-state index contributed by atoms with van der Waals surface area (Å²) in [6.07, 6.45) is 2.09. The van der Waals surface area contributed by atoms with Gasteiger partial charge in [-0.3, -0.25) is 4.79 Å². The Bertz CT molecular complexity index is 723. The summed E-state index contributed by atoms with van der Waals surface area (Å²) in [4.78, 5) is 24.9. The van der Waals surface area contributed by atoms with E-state index in [-0.39, 0.29) is 18.1 Å². The van der Waals surface area contributed by atoms with E-state index in [2.05, 4.69) is 10.3 Å². The Kier molecular flexibility index (Phi) is 3.17. The number of anilines is 1. The number of carboxylic acids is 1. The number of aryl methyl sites for hydroxylation is 1. The van der Waals surface area contributed by atoms with Crippen molar-refractivity contribution in [3.63, 3.8) is 0 Å². The summed E-state index contributed by atoms with van der Waals surface area (Å²) in [5, 5.41) is 16.0. The number of amides is 1. The van der Waals surface area contributed by atoms with Gasteiger partial charge < -0.3 is 10.0 Å². The summed E-state index contributed by atoms with van der Waals surface area (Å²) >= 11 is 0. The zero-order chi connectivity index (χ0) is 15.0. The molecule has 7 heteroatoms. The first kappa shape index (κ1) is 13.3. The number of hydrogen-bond acceptors (Lipinski definition) is 4. The number of aromatic nitrogens is 3. The molecule has 3 rings (SSSR count). The van der Waals surface area contributed by atoms with Crippen LogP contribution >= 0.6 is 0 Å². The van der Waals surface area contributed by atoms with Crippen LogP contribution in [0.3, 0.4) is 0 Å². The first-order chi connectivity index (χ1) is 10.1. The fourth-order valence-electron chi connectivity index (χ4n) is 2.60. The minimum atomic E-state index is -1.16. The van der Waals surface area contributed by atoms with Gasteiger partial charge >= 0.3 is 5.97 Å². The first-order valence-corrected chi connectivity index (χ1v) is 6.58. The maximum atomic E-state index is 12.4. The lowest BCUT2D eigenvalue weighted by molar-refractivity contribution is -0.119. The fourth-order valence-corrected chi connectivity index (χ4v) is 2.60. The third kappa shape index (κ3) is 2.37. The van der Waals surface area contributed by atoms with Crippen LogP contribution in [0.4, 0.5) is 5.69 Å². The van der Waals surface area contributed by atoms with Crippen LogP contribution in [0.25, 0.3) is 0 Å². The van der Waals surface area contributed by atoms with Crippen molar-refractivity contribution < 1.29 is 14.7 Å². The minimum Gasteiger partial charge on any atom is -0.476 e. The summed E-state index contributed by atoms with van der Waals surface area (Å²) in [6, 6.07) is 5.98. The van der Waals surface area contributed by atoms with Crippen molar-refractivity contribution in [1.29, 1.82) is 0 Å². The Morgan fingerprint density at radius 2 is 2.19 bits per heavy atom. The number of carbonyl (C=O) groups excluding carboxylic acids is 1. The van der Waals surface area contributed by atoms with Crippen molar-refractivity contribution in [2.75, 3.05) is 11.4 Å². The molecule has 0 bridgehead atoms. The zero-order valence-corrected chi connectivity index (χ0v) is 11.5. The second kappa shape index (κ2) is 5.01. The number of rotatable bonds is 3. The Morgan fingerprint density at radius 1 is 1.38 bits per heavy atom. The maximum Gasteiger partial charge on any atom is 0.358 e. The normalized spacial score (nSPS) is 13.3. The van der Waals surface area contributed by atoms with Crippen LogP contribution in [0.2, 0.25) is 0 Å². The molecule has 1 N–H and O–H groups in total. The quantitative estimate of drug-likeness (QED) is 0.904. The second-order valence-electron chi connectivity index (χ2n) is 4.98. The van der Waals surface area contributed by atoms with Gasteiger partial charge in [-0.1, -0.05) is 23.4 Å². The number of nitrogens with zero attached hydrogens (tertiary/aromatic N) is 4. The molecule has 0 spiro atoms. The molecule has 1 aromatic carbocycles. The van der Waals surface area contributed by atoms with Crippen LogP contribution in [-0.2, 0) is 17.8 Å². The third-order valence-electron chi connectivity index (χ3n) is 3.55. The standard InChI is InChI=1S/C14H14N4O3/c1-9-3-2-4-10-5-6-18(13(9)10)12(19)8-17-7-11(14(20)21)15-16-17/h2-4,7H,5-6,8H2,1H3,(H,20,21). The van der Waals surface area contributed by atoms with E-state index in [9.17, 15) is 9.59 Å². The van der Waals surface area contributed by atoms with E-state index in [1.54, 1.807) is 4.90 Å². The number of para-hydroxylation sites is 1. The third-order valence-corrected chi connectivity index (χ3v) is 3.55. The van der Waals surface area contributed by atoms with Gasteiger partial charge in [-0.25, -0.2) is 9.48 Å². The molecule has 2 heterocycles. The summed E-state index contributed by atoms with van der Waals surface area (Å²) in [7, 11) is 0. The number of fused-ring (bicyclic) bond motifs is 1. The largest absolute Gasteiger partial charge is 0.476 e. The number of hydrogen-bond donors (Lipinski definition) is 1. The predicted molar refractivity (Wildman–Crippen MR) is 74.2 cm³/mol. The molecule has 1 aliphatic heterocycles. The van der Waals surface area contributed by atoms with Gasteiger partial charge in [0, 0.05) is 12.2 Å². The molecule has 0 fully saturated rings. The number of carboxylic acid groups (broad SMARTS) is 1. The average molecular weight is 286 g/mol. The van der Waals surface area contributed by atoms with Gasteiger partial charge in [-0.15, -0.1) is 5.10 Å². The first-order valence-electron chi connectivity index (χ1n) is 6.58. The SMILES string of the molecule is Cc1cccc2c1N(C(=O)Cn1cc(C(=O)O)nn1)CC2. The summed E-state index contributed by atoms with van der Waals surface area (Å²) < 4.78 is 1.25. The highest BCUT2D eigenvalue weighted by Gasteiger charge is 2.26. The van der Waals surface area contributed by atoms with Crippen molar-refractivity contribution in [3.05, 3.63) is 41.2 Å². The van der Waals surface area contributed by atoms with Gasteiger partial charge in [0.05, 0.1) is 6.20 Å². The van der Waals surface area contributed by atoms with Crippen LogP contribution in [0.1, 0.15) is 21.6 Å². The lowest BCUT2D eigenvalue weighted by Crippen LogP contribution is -2.32. The number of benzene rings is 1. The summed E-state index contributed by atoms with van der Waals surface area (Å²) in [5.74, 6) is -1.28. The zero-order valence-electron chi connectivity index (χ0n) is 11.5. The number of aromatic carboxylic acids is 1. The maximum absolute atomic E-state index is 12.4. The topological polar surface area (TPSA) is 88.3 Å². The van der Waals surface area contributed by atoms with Gasteiger partial charge in [0.15, 0.2) is 5.69 Å². The van der Waals surface area contributed by atoms with Crippen LogP contribution in [0.5, 0.6) is 0 Å². The molecule has 0 aliphatic carbocycles. The Balaban J connectivity index is 1.80. The van der Waals surface area contributed by atoms with Crippen molar-refractivity contribution >= 4 is 17.6 Å². The molecule has 0 radical (unpaired) electrons. The number of carbonyl (C=O) groups is 2. The summed E-state index contributed by atoms with van der Waals surface area (Å²) in [5.41, 5.74) is 3.01. The minimum absolute atomic E-state index is 0.0198. The lowest BCUT2D eigenvalue weighted by atomic mass is 10.1. The molecule has 0 atom stereocenters.